The first-order valence-electron chi connectivity index (χ1n) is 7.10. The number of rotatable bonds is 6. The summed E-state index contributed by atoms with van der Waals surface area (Å²) in [6, 6.07) is 6.30. The molecule has 0 aliphatic rings. The number of benzene rings is 1. The third-order valence-electron chi connectivity index (χ3n) is 3.22. The summed E-state index contributed by atoms with van der Waals surface area (Å²) in [5.41, 5.74) is 1.33. The van der Waals surface area contributed by atoms with Crippen LogP contribution in [-0.2, 0) is 14.3 Å². The van der Waals surface area contributed by atoms with Crippen molar-refractivity contribution in [2.24, 2.45) is 5.92 Å². The Balaban J connectivity index is 2.76. The third-order valence-corrected chi connectivity index (χ3v) is 3.22. The monoisotopic (exact) mass is 306 g/mol. The second-order valence-corrected chi connectivity index (χ2v) is 5.29. The van der Waals surface area contributed by atoms with E-state index in [1.807, 2.05) is 19.1 Å². The van der Waals surface area contributed by atoms with E-state index in [4.69, 9.17) is 4.74 Å². The van der Waals surface area contributed by atoms with Crippen molar-refractivity contribution < 1.29 is 19.1 Å². The van der Waals surface area contributed by atoms with E-state index < -0.39 is 17.9 Å². The number of aryl methyl sites for hydroxylation is 1. The highest BCUT2D eigenvalue weighted by Crippen LogP contribution is 2.10. The van der Waals surface area contributed by atoms with Gasteiger partial charge in [0.15, 0.2) is 6.61 Å². The number of carbonyl (C=O) groups is 3. The van der Waals surface area contributed by atoms with Crippen molar-refractivity contribution in [3.63, 3.8) is 0 Å². The Morgan fingerprint density at radius 2 is 1.82 bits per heavy atom. The van der Waals surface area contributed by atoms with Crippen molar-refractivity contribution in [1.29, 1.82) is 0 Å². The Morgan fingerprint density at radius 1 is 1.18 bits per heavy atom. The molecule has 0 aliphatic carbocycles. The standard InChI is InChI=1S/C16H22N2O4/c1-10(2)14(16(21)22-9-13(19)17-4)18-15(20)12-8-6-5-7-11(12)3/h5-8,10,14H,9H2,1-4H3,(H,17,19)(H,18,20). The van der Waals surface area contributed by atoms with Crippen LogP contribution in [-0.4, -0.2) is 37.5 Å². The molecule has 0 saturated heterocycles. The number of amides is 2. The van der Waals surface area contributed by atoms with E-state index in [1.54, 1.807) is 26.0 Å². The normalized spacial score (nSPS) is 11.7. The second-order valence-electron chi connectivity index (χ2n) is 5.29. The van der Waals surface area contributed by atoms with Crippen LogP contribution in [0.15, 0.2) is 24.3 Å². The summed E-state index contributed by atoms with van der Waals surface area (Å²) >= 11 is 0. The number of carbonyl (C=O) groups excluding carboxylic acids is 3. The van der Waals surface area contributed by atoms with E-state index in [9.17, 15) is 14.4 Å². The summed E-state index contributed by atoms with van der Waals surface area (Å²) in [6.07, 6.45) is 0. The predicted octanol–water partition coefficient (Wildman–Crippen LogP) is 1.04. The molecule has 120 valence electrons. The molecule has 0 spiro atoms. The Kier molecular flexibility index (Phi) is 6.56. The van der Waals surface area contributed by atoms with Crippen molar-refractivity contribution >= 4 is 17.8 Å². The molecule has 2 amide bonds. The summed E-state index contributed by atoms with van der Waals surface area (Å²) < 4.78 is 4.92. The first kappa shape index (κ1) is 17.7. The molecule has 1 atom stereocenters. The molecule has 1 aromatic carbocycles. The predicted molar refractivity (Wildman–Crippen MR) is 82.3 cm³/mol. The molecule has 6 heteroatoms. The van der Waals surface area contributed by atoms with Crippen LogP contribution >= 0.6 is 0 Å². The number of esters is 1. The largest absolute Gasteiger partial charge is 0.454 e. The molecule has 1 aromatic rings. The Hall–Kier alpha value is -2.37. The first-order chi connectivity index (χ1) is 10.4. The van der Waals surface area contributed by atoms with E-state index in [-0.39, 0.29) is 18.4 Å². The van der Waals surface area contributed by atoms with Gasteiger partial charge in [-0.15, -0.1) is 0 Å². The Labute approximate surface area is 130 Å². The van der Waals surface area contributed by atoms with Crippen LogP contribution in [0.5, 0.6) is 0 Å². The number of likely N-dealkylation sites (N-methyl/N-ethyl adjacent to an activating group) is 1. The lowest BCUT2D eigenvalue weighted by atomic mass is 10.0. The molecule has 6 nitrogen and oxygen atoms in total. The van der Waals surface area contributed by atoms with Crippen LogP contribution < -0.4 is 10.6 Å². The van der Waals surface area contributed by atoms with E-state index in [1.165, 1.54) is 7.05 Å². The zero-order valence-electron chi connectivity index (χ0n) is 13.3. The van der Waals surface area contributed by atoms with Gasteiger partial charge < -0.3 is 15.4 Å². The van der Waals surface area contributed by atoms with Crippen LogP contribution in [0.2, 0.25) is 0 Å². The maximum atomic E-state index is 12.3. The molecular weight excluding hydrogens is 284 g/mol. The van der Waals surface area contributed by atoms with Gasteiger partial charge in [0.05, 0.1) is 0 Å². The van der Waals surface area contributed by atoms with Gasteiger partial charge in [0.2, 0.25) is 0 Å². The molecule has 0 saturated carbocycles. The van der Waals surface area contributed by atoms with Crippen LogP contribution in [0.25, 0.3) is 0 Å². The number of hydrogen-bond acceptors (Lipinski definition) is 4. The van der Waals surface area contributed by atoms with Gasteiger partial charge in [0, 0.05) is 12.6 Å². The minimum atomic E-state index is -0.809. The maximum absolute atomic E-state index is 12.3. The molecule has 1 rings (SSSR count). The average Bonchev–Trinajstić information content (AvgIpc) is 2.49. The SMILES string of the molecule is CNC(=O)COC(=O)C(NC(=O)c1ccccc1C)C(C)C. The van der Waals surface area contributed by atoms with Crippen LogP contribution in [0.3, 0.4) is 0 Å². The lowest BCUT2D eigenvalue weighted by Gasteiger charge is -2.21. The van der Waals surface area contributed by atoms with Gasteiger partial charge in [-0.3, -0.25) is 9.59 Å². The molecule has 0 aromatic heterocycles. The summed E-state index contributed by atoms with van der Waals surface area (Å²) in [5.74, 6) is -1.53. The minimum Gasteiger partial charge on any atom is -0.454 e. The van der Waals surface area contributed by atoms with E-state index in [0.717, 1.165) is 5.56 Å². The molecule has 0 aliphatic heterocycles. The Morgan fingerprint density at radius 3 is 2.36 bits per heavy atom. The zero-order chi connectivity index (χ0) is 16.7. The molecule has 1 unspecified atom stereocenters. The number of hydrogen-bond donors (Lipinski definition) is 2. The highest BCUT2D eigenvalue weighted by Gasteiger charge is 2.27. The second kappa shape index (κ2) is 8.17. The van der Waals surface area contributed by atoms with Crippen molar-refractivity contribution in [2.45, 2.75) is 26.8 Å². The summed E-state index contributed by atoms with van der Waals surface area (Å²) in [5, 5.41) is 5.03. The Bertz CT molecular complexity index is 555. The van der Waals surface area contributed by atoms with Crippen molar-refractivity contribution in [2.75, 3.05) is 13.7 Å². The van der Waals surface area contributed by atoms with Gasteiger partial charge in [-0.1, -0.05) is 32.0 Å². The summed E-state index contributed by atoms with van der Waals surface area (Å²) in [6.45, 7) is 5.05. The number of ether oxygens (including phenoxy) is 1. The fourth-order valence-electron chi connectivity index (χ4n) is 1.84. The first-order valence-corrected chi connectivity index (χ1v) is 7.10. The summed E-state index contributed by atoms with van der Waals surface area (Å²) in [4.78, 5) is 35.4. The highest BCUT2D eigenvalue weighted by molar-refractivity contribution is 5.98. The van der Waals surface area contributed by atoms with Gasteiger partial charge in [-0.25, -0.2) is 4.79 Å². The van der Waals surface area contributed by atoms with Gasteiger partial charge in [-0.05, 0) is 24.5 Å². The van der Waals surface area contributed by atoms with E-state index in [0.29, 0.717) is 5.56 Å². The molecule has 0 bridgehead atoms. The molecule has 0 heterocycles. The van der Waals surface area contributed by atoms with Crippen LogP contribution in [0.1, 0.15) is 29.8 Å². The molecular formula is C16H22N2O4. The molecule has 0 fully saturated rings. The fraction of sp³-hybridized carbons (Fsp3) is 0.438. The minimum absolute atomic E-state index is 0.162. The molecule has 22 heavy (non-hydrogen) atoms. The van der Waals surface area contributed by atoms with Gasteiger partial charge >= 0.3 is 5.97 Å². The summed E-state index contributed by atoms with van der Waals surface area (Å²) in [7, 11) is 1.45. The maximum Gasteiger partial charge on any atom is 0.329 e. The lowest BCUT2D eigenvalue weighted by molar-refractivity contribution is -0.151. The van der Waals surface area contributed by atoms with Crippen molar-refractivity contribution in [1.82, 2.24) is 10.6 Å². The topological polar surface area (TPSA) is 84.5 Å². The molecule has 2 N–H and O–H groups in total. The van der Waals surface area contributed by atoms with Crippen LogP contribution in [0, 0.1) is 12.8 Å². The quantitative estimate of drug-likeness (QED) is 0.769. The van der Waals surface area contributed by atoms with E-state index in [2.05, 4.69) is 10.6 Å². The van der Waals surface area contributed by atoms with E-state index >= 15 is 0 Å². The van der Waals surface area contributed by atoms with Crippen LogP contribution in [0.4, 0.5) is 0 Å². The van der Waals surface area contributed by atoms with Crippen molar-refractivity contribution in [3.8, 4) is 0 Å². The smallest absolute Gasteiger partial charge is 0.329 e. The van der Waals surface area contributed by atoms with Gasteiger partial charge in [0.1, 0.15) is 6.04 Å². The zero-order valence-corrected chi connectivity index (χ0v) is 13.3. The third kappa shape index (κ3) is 4.87. The van der Waals surface area contributed by atoms with Gasteiger partial charge in [-0.2, -0.15) is 0 Å². The number of nitrogens with one attached hydrogen (secondary N) is 2. The fourth-order valence-corrected chi connectivity index (χ4v) is 1.84. The average molecular weight is 306 g/mol. The van der Waals surface area contributed by atoms with Crippen molar-refractivity contribution in [3.05, 3.63) is 35.4 Å². The molecule has 0 radical (unpaired) electrons. The lowest BCUT2D eigenvalue weighted by Crippen LogP contribution is -2.46. The highest BCUT2D eigenvalue weighted by atomic mass is 16.5. The van der Waals surface area contributed by atoms with Gasteiger partial charge in [0.25, 0.3) is 11.8 Å².